The quantitative estimate of drug-likeness (QED) is 0.653. The molecule has 3 aliphatic rings. The molecule has 0 radical (unpaired) electrons. The number of carbonyl (C=O) groups excluding carboxylic acids is 2. The zero-order chi connectivity index (χ0) is 20.8. The molecule has 5 atom stereocenters. The fourth-order valence-corrected chi connectivity index (χ4v) is 4.46. The number of ether oxygens (including phenoxy) is 1. The molecule has 2 fully saturated rings. The van der Waals surface area contributed by atoms with Crippen LogP contribution in [-0.4, -0.2) is 45.4 Å². The van der Waals surface area contributed by atoms with Crippen LogP contribution in [0.25, 0.3) is 11.0 Å². The molecule has 5 rings (SSSR count). The summed E-state index contributed by atoms with van der Waals surface area (Å²) < 4.78 is 11.7. The first-order chi connectivity index (χ1) is 14.5. The Balaban J connectivity index is 1.34. The summed E-state index contributed by atoms with van der Waals surface area (Å²) in [6.07, 6.45) is 3.74. The molecule has 0 bridgehead atoms. The van der Waals surface area contributed by atoms with Crippen molar-refractivity contribution in [2.24, 2.45) is 11.8 Å². The second kappa shape index (κ2) is 7.39. The third kappa shape index (κ3) is 3.13. The Morgan fingerprint density at radius 3 is 2.80 bits per heavy atom. The summed E-state index contributed by atoms with van der Waals surface area (Å²) in [6, 6.07) is 8.79. The molecule has 2 aliphatic heterocycles. The molecule has 156 valence electrons. The lowest BCUT2D eigenvalue weighted by molar-refractivity contribution is -0.149. The van der Waals surface area contributed by atoms with Gasteiger partial charge in [-0.05, 0) is 31.1 Å². The highest BCUT2D eigenvalue weighted by Crippen LogP contribution is 2.39. The summed E-state index contributed by atoms with van der Waals surface area (Å²) in [5.41, 5.74) is 0.755. The first kappa shape index (κ1) is 19.0. The monoisotopic (exact) mass is 410 g/mol. The van der Waals surface area contributed by atoms with Gasteiger partial charge in [0.2, 0.25) is 11.8 Å². The Morgan fingerprint density at radius 2 is 2.00 bits per heavy atom. The van der Waals surface area contributed by atoms with E-state index in [0.717, 1.165) is 15.9 Å². The number of nitrogens with one attached hydrogen (secondary N) is 1. The highest BCUT2D eigenvalue weighted by molar-refractivity contribution is 6.07. The summed E-state index contributed by atoms with van der Waals surface area (Å²) in [6.45, 7) is 0.138. The number of aliphatic hydroxyl groups excluding tert-OH is 2. The number of nitrogens with zero attached hydrogens (tertiary/aromatic N) is 1. The van der Waals surface area contributed by atoms with Crippen LogP contribution in [0.15, 0.2) is 58.7 Å². The zero-order valence-electron chi connectivity index (χ0n) is 16.1. The van der Waals surface area contributed by atoms with Gasteiger partial charge in [-0.3, -0.25) is 19.8 Å². The number of para-hydroxylation sites is 1. The number of likely N-dealkylation sites (tertiary alicyclic amines) is 1. The summed E-state index contributed by atoms with van der Waals surface area (Å²) >= 11 is 0. The van der Waals surface area contributed by atoms with Crippen LogP contribution in [0, 0.1) is 11.8 Å². The van der Waals surface area contributed by atoms with Gasteiger partial charge >= 0.3 is 0 Å². The number of allylic oxidation sites excluding steroid dienone is 2. The standard InChI is InChI=1S/C22H22N2O6/c25-18-9-8-15(20(26)23-18)24-21(27)14-5-3-7-17(19(14)22(24)28)29-11-13-10-12-4-1-2-6-16(12)30-13/h1-7,10,14-15,18-20,23,25-26H,8-9,11H2. The Hall–Kier alpha value is -2.94. The van der Waals surface area contributed by atoms with Crippen LogP contribution in [0.4, 0.5) is 0 Å². The molecule has 0 spiro atoms. The molecular formula is C22H22N2O6. The third-order valence-electron chi connectivity index (χ3n) is 5.92. The first-order valence-electron chi connectivity index (χ1n) is 10.0. The van der Waals surface area contributed by atoms with Crippen LogP contribution in [0.5, 0.6) is 0 Å². The molecule has 1 aromatic heterocycles. The number of hydrogen-bond donors (Lipinski definition) is 3. The molecule has 0 saturated carbocycles. The van der Waals surface area contributed by atoms with Gasteiger partial charge in [-0.2, -0.15) is 0 Å². The number of amides is 2. The number of benzene rings is 1. The fraction of sp³-hybridized carbons (Fsp3) is 0.364. The predicted octanol–water partition coefficient (Wildman–Crippen LogP) is 1.39. The highest BCUT2D eigenvalue weighted by Gasteiger charge is 2.53. The van der Waals surface area contributed by atoms with E-state index in [4.69, 9.17) is 9.15 Å². The van der Waals surface area contributed by atoms with Crippen LogP contribution in [-0.2, 0) is 20.9 Å². The first-order valence-corrected chi connectivity index (χ1v) is 10.0. The zero-order valence-corrected chi connectivity index (χ0v) is 16.1. The largest absolute Gasteiger partial charge is 0.489 e. The number of aliphatic hydroxyl groups is 2. The van der Waals surface area contributed by atoms with Gasteiger partial charge in [0.15, 0.2) is 0 Å². The Morgan fingerprint density at radius 1 is 1.17 bits per heavy atom. The van der Waals surface area contributed by atoms with Crippen molar-refractivity contribution < 1.29 is 29.0 Å². The molecular weight excluding hydrogens is 388 g/mol. The molecule has 8 heteroatoms. The second-order valence-electron chi connectivity index (χ2n) is 7.82. The average molecular weight is 410 g/mol. The maximum absolute atomic E-state index is 13.2. The molecule has 3 N–H and O–H groups in total. The van der Waals surface area contributed by atoms with Crippen LogP contribution < -0.4 is 5.32 Å². The fourth-order valence-electron chi connectivity index (χ4n) is 4.46. The van der Waals surface area contributed by atoms with Gasteiger partial charge in [0.05, 0.1) is 12.0 Å². The molecule has 2 aromatic rings. The molecule has 5 unspecified atom stereocenters. The Labute approximate surface area is 172 Å². The van der Waals surface area contributed by atoms with Crippen LogP contribution >= 0.6 is 0 Å². The highest BCUT2D eigenvalue weighted by atomic mass is 16.5. The summed E-state index contributed by atoms with van der Waals surface area (Å²) in [7, 11) is 0. The molecule has 2 amide bonds. The van der Waals surface area contributed by atoms with E-state index in [1.165, 1.54) is 0 Å². The second-order valence-corrected chi connectivity index (χ2v) is 7.82. The molecule has 3 heterocycles. The van der Waals surface area contributed by atoms with E-state index in [1.54, 1.807) is 18.2 Å². The number of rotatable bonds is 4. The maximum Gasteiger partial charge on any atom is 0.241 e. The number of hydrogen-bond acceptors (Lipinski definition) is 7. The number of fused-ring (bicyclic) bond motifs is 2. The van der Waals surface area contributed by atoms with E-state index < -0.39 is 36.2 Å². The van der Waals surface area contributed by atoms with Gasteiger partial charge in [0.1, 0.15) is 42.1 Å². The van der Waals surface area contributed by atoms with E-state index in [1.807, 2.05) is 30.3 Å². The molecule has 8 nitrogen and oxygen atoms in total. The van der Waals surface area contributed by atoms with Crippen molar-refractivity contribution in [3.63, 3.8) is 0 Å². The van der Waals surface area contributed by atoms with E-state index in [9.17, 15) is 19.8 Å². The Kier molecular flexibility index (Phi) is 4.69. The predicted molar refractivity (Wildman–Crippen MR) is 105 cm³/mol. The molecule has 1 aliphatic carbocycles. The molecule has 2 saturated heterocycles. The van der Waals surface area contributed by atoms with Crippen molar-refractivity contribution in [2.75, 3.05) is 0 Å². The lowest BCUT2D eigenvalue weighted by atomic mass is 9.89. The number of furan rings is 1. The summed E-state index contributed by atoms with van der Waals surface area (Å²) in [5, 5.41) is 23.5. The van der Waals surface area contributed by atoms with Crippen molar-refractivity contribution in [1.82, 2.24) is 10.2 Å². The van der Waals surface area contributed by atoms with Crippen molar-refractivity contribution in [1.29, 1.82) is 0 Å². The van der Waals surface area contributed by atoms with Gasteiger partial charge in [-0.25, -0.2) is 0 Å². The van der Waals surface area contributed by atoms with Gasteiger partial charge in [-0.15, -0.1) is 0 Å². The summed E-state index contributed by atoms with van der Waals surface area (Å²) in [4.78, 5) is 27.3. The minimum absolute atomic E-state index is 0.138. The minimum Gasteiger partial charge on any atom is -0.489 e. The van der Waals surface area contributed by atoms with Crippen LogP contribution in [0.1, 0.15) is 18.6 Å². The van der Waals surface area contributed by atoms with E-state index >= 15 is 0 Å². The third-order valence-corrected chi connectivity index (χ3v) is 5.92. The normalized spacial score (nSPS) is 31.2. The lowest BCUT2D eigenvalue weighted by Crippen LogP contribution is -2.58. The van der Waals surface area contributed by atoms with Gasteiger partial charge in [0, 0.05) is 5.39 Å². The van der Waals surface area contributed by atoms with Crippen molar-refractivity contribution >= 4 is 22.8 Å². The van der Waals surface area contributed by atoms with Gasteiger partial charge in [-0.1, -0.05) is 30.4 Å². The molecule has 1 aromatic carbocycles. The van der Waals surface area contributed by atoms with Gasteiger partial charge < -0.3 is 19.4 Å². The van der Waals surface area contributed by atoms with Gasteiger partial charge in [0.25, 0.3) is 0 Å². The SMILES string of the molecule is O=C1C2C=CC=C(OCc3cc4ccccc4o3)C2C(=O)N1C1CCC(O)NC1O. The van der Waals surface area contributed by atoms with Crippen LogP contribution in [0.2, 0.25) is 0 Å². The van der Waals surface area contributed by atoms with E-state index in [0.29, 0.717) is 24.4 Å². The van der Waals surface area contributed by atoms with E-state index in [-0.39, 0.29) is 12.5 Å². The van der Waals surface area contributed by atoms with Crippen molar-refractivity contribution in [3.05, 3.63) is 60.1 Å². The smallest absolute Gasteiger partial charge is 0.241 e. The number of piperidine rings is 1. The topological polar surface area (TPSA) is 112 Å². The van der Waals surface area contributed by atoms with Crippen LogP contribution in [0.3, 0.4) is 0 Å². The molecule has 30 heavy (non-hydrogen) atoms. The van der Waals surface area contributed by atoms with Crippen molar-refractivity contribution in [2.45, 2.75) is 37.9 Å². The minimum atomic E-state index is -1.17. The summed E-state index contributed by atoms with van der Waals surface area (Å²) in [5.74, 6) is -1.15. The van der Waals surface area contributed by atoms with E-state index in [2.05, 4.69) is 5.32 Å². The Bertz CT molecular complexity index is 1020. The number of carbonyl (C=O) groups is 2. The maximum atomic E-state index is 13.2. The lowest BCUT2D eigenvalue weighted by Gasteiger charge is -2.36. The average Bonchev–Trinajstić information content (AvgIpc) is 3.26. The number of imide groups is 1. The van der Waals surface area contributed by atoms with Crippen molar-refractivity contribution in [3.8, 4) is 0 Å².